The number of aliphatic hydroxyl groups is 1. The Morgan fingerprint density at radius 3 is 3.07 bits per heavy atom. The summed E-state index contributed by atoms with van der Waals surface area (Å²) in [6.07, 6.45) is 2.93. The van der Waals surface area contributed by atoms with Crippen LogP contribution in [0.3, 0.4) is 0 Å². The van der Waals surface area contributed by atoms with Gasteiger partial charge in [0.2, 0.25) is 0 Å². The van der Waals surface area contributed by atoms with E-state index in [9.17, 15) is 0 Å². The van der Waals surface area contributed by atoms with E-state index in [1.165, 1.54) is 6.42 Å². The molecule has 3 unspecified atom stereocenters. The topological polar surface area (TPSA) is 50.7 Å². The van der Waals surface area contributed by atoms with Crippen molar-refractivity contribution < 1.29 is 14.6 Å². The van der Waals surface area contributed by atoms with Gasteiger partial charge >= 0.3 is 0 Å². The molecule has 0 aromatic carbocycles. The van der Waals surface area contributed by atoms with Gasteiger partial charge in [-0.3, -0.25) is 0 Å². The summed E-state index contributed by atoms with van der Waals surface area (Å²) in [6.45, 7) is 5.00. The Morgan fingerprint density at radius 2 is 2.40 bits per heavy atom. The second-order valence-corrected chi connectivity index (χ2v) is 4.76. The summed E-state index contributed by atoms with van der Waals surface area (Å²) in [5, 5.41) is 12.2. The number of hydrogen-bond donors (Lipinski definition) is 2. The van der Waals surface area contributed by atoms with Crippen LogP contribution in [0.4, 0.5) is 0 Å². The lowest BCUT2D eigenvalue weighted by molar-refractivity contribution is -0.166. The highest BCUT2D eigenvalue weighted by Crippen LogP contribution is 2.32. The molecule has 15 heavy (non-hydrogen) atoms. The van der Waals surface area contributed by atoms with Gasteiger partial charge in [-0.25, -0.2) is 0 Å². The van der Waals surface area contributed by atoms with Crippen LogP contribution in [0.5, 0.6) is 0 Å². The molecule has 3 atom stereocenters. The second kappa shape index (κ2) is 4.78. The van der Waals surface area contributed by atoms with Gasteiger partial charge in [-0.15, -0.1) is 0 Å². The smallest absolute Gasteiger partial charge is 0.166 e. The Hall–Kier alpha value is -0.160. The number of rotatable bonds is 4. The highest BCUT2D eigenvalue weighted by molar-refractivity contribution is 4.81. The molecule has 2 heterocycles. The van der Waals surface area contributed by atoms with Crippen molar-refractivity contribution in [1.82, 2.24) is 5.32 Å². The van der Waals surface area contributed by atoms with Gasteiger partial charge in [0.15, 0.2) is 5.79 Å². The van der Waals surface area contributed by atoms with Gasteiger partial charge in [-0.05, 0) is 38.8 Å². The summed E-state index contributed by atoms with van der Waals surface area (Å²) < 4.78 is 11.5. The normalized spacial score (nSPS) is 41.2. The maximum Gasteiger partial charge on any atom is 0.166 e. The molecule has 2 aliphatic heterocycles. The predicted octanol–water partition coefficient (Wildman–Crippen LogP) is 0.500. The van der Waals surface area contributed by atoms with Crippen LogP contribution in [0.1, 0.15) is 26.2 Å². The minimum Gasteiger partial charge on any atom is -0.396 e. The first kappa shape index (κ1) is 11.3. The number of nitrogens with one attached hydrogen (secondary N) is 1. The maximum absolute atomic E-state index is 8.84. The number of ether oxygens (including phenoxy) is 2. The molecule has 0 aromatic heterocycles. The molecule has 0 amide bonds. The molecule has 0 aliphatic carbocycles. The zero-order valence-corrected chi connectivity index (χ0v) is 9.37. The zero-order valence-electron chi connectivity index (χ0n) is 9.37. The molecule has 0 spiro atoms. The molecule has 88 valence electrons. The standard InChI is InChI=1S/C11H21NO3/c1-11(6-9-2-4-12-7-9)14-8-10(15-11)3-5-13/h9-10,12-13H,2-8H2,1H3. The van der Waals surface area contributed by atoms with E-state index in [4.69, 9.17) is 14.6 Å². The maximum atomic E-state index is 8.84. The van der Waals surface area contributed by atoms with Gasteiger partial charge in [0.05, 0.1) is 12.7 Å². The summed E-state index contributed by atoms with van der Waals surface area (Å²) in [5.74, 6) is 0.249. The van der Waals surface area contributed by atoms with Gasteiger partial charge in [-0.1, -0.05) is 0 Å². The Labute approximate surface area is 90.9 Å². The van der Waals surface area contributed by atoms with E-state index in [0.717, 1.165) is 19.5 Å². The summed E-state index contributed by atoms with van der Waals surface area (Å²) in [4.78, 5) is 0. The van der Waals surface area contributed by atoms with Gasteiger partial charge < -0.3 is 19.9 Å². The Kier molecular flexibility index (Phi) is 3.61. The lowest BCUT2D eigenvalue weighted by atomic mass is 9.99. The molecule has 2 fully saturated rings. The molecule has 0 aromatic rings. The van der Waals surface area contributed by atoms with Crippen LogP contribution in [0, 0.1) is 5.92 Å². The Bertz CT molecular complexity index is 206. The monoisotopic (exact) mass is 215 g/mol. The molecule has 2 N–H and O–H groups in total. The van der Waals surface area contributed by atoms with Crippen LogP contribution in [0.2, 0.25) is 0 Å². The van der Waals surface area contributed by atoms with E-state index in [-0.39, 0.29) is 12.7 Å². The van der Waals surface area contributed by atoms with Crippen LogP contribution < -0.4 is 5.32 Å². The number of hydrogen-bond acceptors (Lipinski definition) is 4. The minimum absolute atomic E-state index is 0.0781. The fourth-order valence-electron chi connectivity index (χ4n) is 2.50. The average molecular weight is 215 g/mol. The minimum atomic E-state index is -0.420. The van der Waals surface area contributed by atoms with E-state index >= 15 is 0 Å². The van der Waals surface area contributed by atoms with Crippen LogP contribution in [-0.4, -0.2) is 43.3 Å². The molecule has 4 nitrogen and oxygen atoms in total. The summed E-state index contributed by atoms with van der Waals surface area (Å²) in [5.41, 5.74) is 0. The lowest BCUT2D eigenvalue weighted by Gasteiger charge is -2.26. The molecule has 2 saturated heterocycles. The fourth-order valence-corrected chi connectivity index (χ4v) is 2.50. The van der Waals surface area contributed by atoms with Gasteiger partial charge in [0.1, 0.15) is 0 Å². The molecular weight excluding hydrogens is 194 g/mol. The van der Waals surface area contributed by atoms with Crippen molar-refractivity contribution in [2.24, 2.45) is 5.92 Å². The number of aliphatic hydroxyl groups excluding tert-OH is 1. The molecular formula is C11H21NO3. The molecule has 2 rings (SSSR count). The largest absolute Gasteiger partial charge is 0.396 e. The first-order valence-electron chi connectivity index (χ1n) is 5.85. The van der Waals surface area contributed by atoms with Crippen molar-refractivity contribution in [2.75, 3.05) is 26.3 Å². The second-order valence-electron chi connectivity index (χ2n) is 4.76. The third-order valence-electron chi connectivity index (χ3n) is 3.26. The van der Waals surface area contributed by atoms with Crippen molar-refractivity contribution in [3.63, 3.8) is 0 Å². The average Bonchev–Trinajstić information content (AvgIpc) is 2.78. The van der Waals surface area contributed by atoms with Crippen molar-refractivity contribution in [1.29, 1.82) is 0 Å². The third-order valence-corrected chi connectivity index (χ3v) is 3.26. The fraction of sp³-hybridized carbons (Fsp3) is 1.00. The van der Waals surface area contributed by atoms with Gasteiger partial charge in [-0.2, -0.15) is 0 Å². The van der Waals surface area contributed by atoms with Crippen LogP contribution in [0.25, 0.3) is 0 Å². The van der Waals surface area contributed by atoms with E-state index < -0.39 is 5.79 Å². The first-order valence-corrected chi connectivity index (χ1v) is 5.85. The lowest BCUT2D eigenvalue weighted by Crippen LogP contribution is -2.30. The molecule has 4 heteroatoms. The summed E-state index contributed by atoms with van der Waals surface area (Å²) >= 11 is 0. The van der Waals surface area contributed by atoms with Crippen LogP contribution in [-0.2, 0) is 9.47 Å². The summed E-state index contributed by atoms with van der Waals surface area (Å²) in [7, 11) is 0. The van der Waals surface area contributed by atoms with Crippen molar-refractivity contribution in [3.05, 3.63) is 0 Å². The van der Waals surface area contributed by atoms with Crippen molar-refractivity contribution >= 4 is 0 Å². The molecule has 2 aliphatic rings. The van der Waals surface area contributed by atoms with Crippen LogP contribution >= 0.6 is 0 Å². The van der Waals surface area contributed by atoms with Crippen LogP contribution in [0.15, 0.2) is 0 Å². The Morgan fingerprint density at radius 1 is 1.53 bits per heavy atom. The third kappa shape index (κ3) is 2.91. The van der Waals surface area contributed by atoms with E-state index in [1.807, 2.05) is 6.92 Å². The van der Waals surface area contributed by atoms with E-state index in [0.29, 0.717) is 18.9 Å². The zero-order chi connectivity index (χ0) is 10.7. The Balaban J connectivity index is 1.80. The SMILES string of the molecule is CC1(CC2CCNC2)OCC(CCO)O1. The predicted molar refractivity (Wildman–Crippen MR) is 56.5 cm³/mol. The molecule has 0 saturated carbocycles. The van der Waals surface area contributed by atoms with Crippen molar-refractivity contribution in [3.8, 4) is 0 Å². The van der Waals surface area contributed by atoms with Gasteiger partial charge in [0, 0.05) is 13.0 Å². The van der Waals surface area contributed by atoms with E-state index in [2.05, 4.69) is 5.32 Å². The highest BCUT2D eigenvalue weighted by atomic mass is 16.7. The van der Waals surface area contributed by atoms with Crippen molar-refractivity contribution in [2.45, 2.75) is 38.1 Å². The first-order chi connectivity index (χ1) is 7.22. The van der Waals surface area contributed by atoms with Gasteiger partial charge in [0.25, 0.3) is 0 Å². The van der Waals surface area contributed by atoms with E-state index in [1.54, 1.807) is 0 Å². The highest BCUT2D eigenvalue weighted by Gasteiger charge is 2.39. The quantitative estimate of drug-likeness (QED) is 0.717. The molecule has 0 radical (unpaired) electrons. The molecule has 0 bridgehead atoms. The summed E-state index contributed by atoms with van der Waals surface area (Å²) in [6, 6.07) is 0.